The van der Waals surface area contributed by atoms with Crippen molar-refractivity contribution in [3.63, 3.8) is 0 Å². The first-order valence-electron chi connectivity index (χ1n) is 12.1. The Morgan fingerprint density at radius 2 is 1.16 bits per heavy atom. The molecule has 31 heavy (non-hydrogen) atoms. The second kappa shape index (κ2) is 13.2. The van der Waals surface area contributed by atoms with Gasteiger partial charge in [0.15, 0.2) is 0 Å². The molecule has 2 aromatic carbocycles. The van der Waals surface area contributed by atoms with Gasteiger partial charge in [0, 0.05) is 6.42 Å². The molecule has 0 amide bonds. The molecule has 0 spiro atoms. The van der Waals surface area contributed by atoms with Crippen LogP contribution in [0.2, 0.25) is 14.8 Å². The van der Waals surface area contributed by atoms with Crippen molar-refractivity contribution in [2.75, 3.05) is 0 Å². The Balaban J connectivity index is 1.76. The summed E-state index contributed by atoms with van der Waals surface area (Å²) in [5.41, 5.74) is 3.01. The number of unbranched alkanes of at least 4 members (excludes halogenated alkanes) is 6. The number of benzene rings is 2. The zero-order valence-electron chi connectivity index (χ0n) is 20.0. The number of hydrogen-bond acceptors (Lipinski definition) is 2. The molecule has 0 aliphatic carbocycles. The van der Waals surface area contributed by atoms with Gasteiger partial charge in [0.25, 0.3) is 0 Å². The van der Waals surface area contributed by atoms with Gasteiger partial charge in [-0.1, -0.05) is 45.4 Å². The quantitative estimate of drug-likeness (QED) is 0.144. The fraction of sp³-hybridized carbons (Fsp3) is 0.500. The third-order valence-corrected chi connectivity index (χ3v) is 11.9. The van der Waals surface area contributed by atoms with Crippen LogP contribution in [-0.2, 0) is 4.79 Å². The van der Waals surface area contributed by atoms with Gasteiger partial charge in [-0.05, 0) is 6.42 Å². The van der Waals surface area contributed by atoms with Crippen LogP contribution in [0.15, 0.2) is 48.5 Å². The van der Waals surface area contributed by atoms with E-state index in [-0.39, 0.29) is 11.6 Å². The van der Waals surface area contributed by atoms with Crippen molar-refractivity contribution in [1.29, 1.82) is 0 Å². The van der Waals surface area contributed by atoms with Crippen LogP contribution in [-0.4, -0.2) is 29.9 Å². The van der Waals surface area contributed by atoms with Crippen molar-refractivity contribution >= 4 is 33.5 Å². The molecular formula is C28H40O2Sn. The Morgan fingerprint density at radius 1 is 0.645 bits per heavy atom. The number of ketones is 2. The maximum absolute atomic E-state index is 12.5. The normalized spacial score (nSPS) is 11.5. The Morgan fingerprint density at radius 3 is 1.71 bits per heavy atom. The van der Waals surface area contributed by atoms with Crippen molar-refractivity contribution < 1.29 is 9.59 Å². The van der Waals surface area contributed by atoms with Crippen molar-refractivity contribution in [3.05, 3.63) is 54.1 Å². The molecule has 0 aromatic heterocycles. The van der Waals surface area contributed by atoms with Gasteiger partial charge in [-0.3, -0.25) is 4.79 Å². The molecule has 0 bridgehead atoms. The van der Waals surface area contributed by atoms with Gasteiger partial charge in [0.2, 0.25) is 0 Å². The van der Waals surface area contributed by atoms with Crippen LogP contribution in [0, 0.1) is 0 Å². The van der Waals surface area contributed by atoms with Crippen molar-refractivity contribution in [3.8, 4) is 11.1 Å². The number of rotatable bonds is 14. The molecule has 0 atom stereocenters. The molecule has 0 aliphatic heterocycles. The Bertz CT molecular complexity index is 814. The fourth-order valence-corrected chi connectivity index (χ4v) is 7.14. The minimum atomic E-state index is -2.02. The van der Waals surface area contributed by atoms with Crippen LogP contribution in [0.3, 0.4) is 0 Å². The van der Waals surface area contributed by atoms with E-state index in [9.17, 15) is 9.59 Å². The van der Waals surface area contributed by atoms with Gasteiger partial charge in [-0.15, -0.1) is 0 Å². The molecule has 0 radical (unpaired) electrons. The molecular weight excluding hydrogens is 487 g/mol. The molecule has 0 fully saturated rings. The monoisotopic (exact) mass is 528 g/mol. The van der Waals surface area contributed by atoms with Crippen LogP contribution in [0.4, 0.5) is 0 Å². The maximum atomic E-state index is 12.5. The third kappa shape index (κ3) is 9.31. The molecule has 0 aliphatic rings. The summed E-state index contributed by atoms with van der Waals surface area (Å²) in [5.74, 6) is 0.291. The summed E-state index contributed by atoms with van der Waals surface area (Å²) >= 11 is -2.02. The second-order valence-electron chi connectivity index (χ2n) is 9.74. The zero-order valence-corrected chi connectivity index (χ0v) is 22.9. The Kier molecular flexibility index (Phi) is 11.0. The topological polar surface area (TPSA) is 34.1 Å². The number of Topliss-reactive ketones (excluding diaryl/α,β-unsaturated/α-hetero) is 2. The van der Waals surface area contributed by atoms with Crippen LogP contribution in [0.1, 0.15) is 81.5 Å². The first-order chi connectivity index (χ1) is 14.8. The SMILES string of the molecule is CCCCCCCCCC(=O)CCC(=O)c1ccc(-c2cc[c]([Sn]([CH3])([CH3])[CH3])cc2)cc1. The molecule has 2 aromatic rings. The molecule has 0 unspecified atom stereocenters. The van der Waals surface area contributed by atoms with Crippen molar-refractivity contribution in [1.82, 2.24) is 0 Å². The van der Waals surface area contributed by atoms with Gasteiger partial charge in [0.05, 0.1) is 0 Å². The van der Waals surface area contributed by atoms with E-state index in [4.69, 9.17) is 0 Å². The van der Waals surface area contributed by atoms with E-state index in [1.807, 2.05) is 24.3 Å². The summed E-state index contributed by atoms with van der Waals surface area (Å²) in [5, 5.41) is 0. The van der Waals surface area contributed by atoms with E-state index in [0.29, 0.717) is 24.8 Å². The van der Waals surface area contributed by atoms with Crippen molar-refractivity contribution in [2.24, 2.45) is 0 Å². The average molecular weight is 527 g/mol. The average Bonchev–Trinajstić information content (AvgIpc) is 2.76. The molecule has 2 rings (SSSR count). The van der Waals surface area contributed by atoms with Gasteiger partial charge in [-0.2, -0.15) is 0 Å². The molecule has 3 heteroatoms. The Hall–Kier alpha value is -1.42. The predicted molar refractivity (Wildman–Crippen MR) is 136 cm³/mol. The van der Waals surface area contributed by atoms with Crippen LogP contribution in [0.25, 0.3) is 11.1 Å². The van der Waals surface area contributed by atoms with Crippen LogP contribution in [0.5, 0.6) is 0 Å². The van der Waals surface area contributed by atoms with E-state index in [2.05, 4.69) is 46.0 Å². The van der Waals surface area contributed by atoms with Gasteiger partial charge >= 0.3 is 131 Å². The summed E-state index contributed by atoms with van der Waals surface area (Å²) in [6.45, 7) is 2.22. The minimum absolute atomic E-state index is 0.0663. The third-order valence-electron chi connectivity index (χ3n) is 5.98. The number of hydrogen-bond donors (Lipinski definition) is 0. The molecule has 2 nitrogen and oxygen atoms in total. The van der Waals surface area contributed by atoms with E-state index in [0.717, 1.165) is 18.4 Å². The van der Waals surface area contributed by atoms with Crippen molar-refractivity contribution in [2.45, 2.75) is 86.0 Å². The summed E-state index contributed by atoms with van der Waals surface area (Å²) < 4.78 is 1.52. The van der Waals surface area contributed by atoms with E-state index >= 15 is 0 Å². The standard InChI is InChI=1S/C25H31O2.3CH3.Sn/c1-2-3-4-5-6-7-11-14-24(26)19-20-25(27)23-17-15-22(16-18-23)21-12-9-8-10-13-21;;;;/h9-10,12-13,15-18H,2-7,11,14,19-20H2,1H3;3*1H3;. The summed E-state index contributed by atoms with van der Waals surface area (Å²) in [6, 6.07) is 16.7. The summed E-state index contributed by atoms with van der Waals surface area (Å²) in [7, 11) is 0. The van der Waals surface area contributed by atoms with E-state index in [1.54, 1.807) is 0 Å². The van der Waals surface area contributed by atoms with Crippen LogP contribution < -0.4 is 3.58 Å². The number of carbonyl (C=O) groups excluding carboxylic acids is 2. The van der Waals surface area contributed by atoms with Gasteiger partial charge in [-0.25, -0.2) is 0 Å². The van der Waals surface area contributed by atoms with Crippen LogP contribution >= 0.6 is 0 Å². The molecule has 0 saturated carbocycles. The molecule has 168 valence electrons. The summed E-state index contributed by atoms with van der Waals surface area (Å²) in [4.78, 5) is 31.8. The Labute approximate surface area is 193 Å². The first-order valence-corrected chi connectivity index (χ1v) is 22.1. The molecule has 0 N–H and O–H groups in total. The first kappa shape index (κ1) is 25.8. The number of carbonyl (C=O) groups is 2. The second-order valence-corrected chi connectivity index (χ2v) is 24.2. The molecule has 0 saturated heterocycles. The molecule has 0 heterocycles. The fourth-order valence-electron chi connectivity index (χ4n) is 3.81. The van der Waals surface area contributed by atoms with Gasteiger partial charge < -0.3 is 0 Å². The zero-order chi connectivity index (χ0) is 22.7. The van der Waals surface area contributed by atoms with E-state index < -0.39 is 18.4 Å². The van der Waals surface area contributed by atoms with E-state index in [1.165, 1.54) is 41.2 Å². The predicted octanol–water partition coefficient (Wildman–Crippen LogP) is 7.57. The van der Waals surface area contributed by atoms with Gasteiger partial charge in [0.1, 0.15) is 0 Å². The summed E-state index contributed by atoms with van der Waals surface area (Å²) in [6.07, 6.45) is 9.79.